The molecule has 0 bridgehead atoms. The van der Waals surface area contributed by atoms with Gasteiger partial charge in [-0.1, -0.05) is 13.0 Å². The molecule has 1 spiro atoms. The Morgan fingerprint density at radius 2 is 2.02 bits per heavy atom. The summed E-state index contributed by atoms with van der Waals surface area (Å²) in [4.78, 5) is 29.8. The van der Waals surface area contributed by atoms with E-state index in [0.29, 0.717) is 38.2 Å². The molecule has 1 aromatic carbocycles. The van der Waals surface area contributed by atoms with Crippen LogP contribution >= 0.6 is 0 Å². The fraction of sp³-hybridized carbons (Fsp3) is 0.438. The van der Waals surface area contributed by atoms with Crippen molar-refractivity contribution in [3.05, 3.63) is 88.0 Å². The maximum absolute atomic E-state index is 13.8. The third-order valence-electron chi connectivity index (χ3n) is 9.96. The predicted molar refractivity (Wildman–Crippen MR) is 156 cm³/mol. The maximum Gasteiger partial charge on any atom is 0.318 e. The number of nitrogens with zero attached hydrogens (tertiary/aromatic N) is 5. The number of hydrogen-bond acceptors (Lipinski definition) is 6. The van der Waals surface area contributed by atoms with E-state index >= 15 is 0 Å². The number of carbonyl (C=O) groups is 1. The van der Waals surface area contributed by atoms with Gasteiger partial charge in [-0.15, -0.1) is 0 Å². The highest BCUT2D eigenvalue weighted by Crippen LogP contribution is 2.49. The van der Waals surface area contributed by atoms with E-state index in [1.54, 1.807) is 6.20 Å². The van der Waals surface area contributed by atoms with Crippen molar-refractivity contribution >= 4 is 18.1 Å². The Bertz CT molecular complexity index is 1640. The van der Waals surface area contributed by atoms with Crippen LogP contribution in [0.5, 0.6) is 0 Å². The number of benzene rings is 1. The average molecular weight is 550 g/mol. The van der Waals surface area contributed by atoms with Gasteiger partial charge in [0.15, 0.2) is 5.88 Å². The van der Waals surface area contributed by atoms with Crippen LogP contribution in [0.4, 0.5) is 10.6 Å². The van der Waals surface area contributed by atoms with Crippen LogP contribution in [0.2, 0.25) is 0 Å². The van der Waals surface area contributed by atoms with Crippen LogP contribution in [-0.4, -0.2) is 44.8 Å². The van der Waals surface area contributed by atoms with Gasteiger partial charge in [0.1, 0.15) is 17.2 Å². The normalized spacial score (nSPS) is 22.5. The zero-order chi connectivity index (χ0) is 27.9. The van der Waals surface area contributed by atoms with E-state index in [2.05, 4.69) is 57.7 Å². The van der Waals surface area contributed by atoms with Crippen molar-refractivity contribution in [3.8, 4) is 0 Å². The summed E-state index contributed by atoms with van der Waals surface area (Å²) in [6.45, 7) is 11.2. The number of urea groups is 1. The molecule has 8 rings (SSSR count). The summed E-state index contributed by atoms with van der Waals surface area (Å²) in [5, 5.41) is 6.55. The van der Waals surface area contributed by atoms with Crippen LogP contribution in [0, 0.1) is 6.92 Å². The lowest BCUT2D eigenvalue weighted by molar-refractivity contribution is -0.0480. The molecule has 210 valence electrons. The topological polar surface area (TPSA) is 96.7 Å². The van der Waals surface area contributed by atoms with Crippen LogP contribution in [-0.2, 0) is 35.3 Å². The second-order valence-electron chi connectivity index (χ2n) is 12.6. The standard InChI is InChI=1S/C32H35N7O2/c1-19-13-21-14-26(29-35-17-27(31(3)6-7-31)39(29)18-24(21)23-16-33-15-22(19)23)37-30(40)38-11-8-32(9-12-38)25-5-4-10-34-28(25)36-20(2)41-32/h4-5,10,13,16-17,26H,2,6-9,11-12,14-15,18H2,1,3H3,(H,34,36)(H,37,40)/t26-/m1/s1. The van der Waals surface area contributed by atoms with Gasteiger partial charge in [0.05, 0.1) is 19.1 Å². The number of amides is 2. The number of fused-ring (bicyclic) bond motifs is 6. The smallest absolute Gasteiger partial charge is 0.318 e. The Balaban J connectivity index is 1.08. The average Bonchev–Trinajstić information content (AvgIpc) is 3.35. The predicted octanol–water partition coefficient (Wildman–Crippen LogP) is 4.83. The van der Waals surface area contributed by atoms with Crippen molar-refractivity contribution < 1.29 is 9.53 Å². The fourth-order valence-corrected chi connectivity index (χ4v) is 7.31. The lowest BCUT2D eigenvalue weighted by atomic mass is 9.83. The van der Waals surface area contributed by atoms with Crippen LogP contribution in [0.1, 0.15) is 83.5 Å². The number of aliphatic imine (C=N–C) groups is 1. The van der Waals surface area contributed by atoms with E-state index < -0.39 is 5.60 Å². The van der Waals surface area contributed by atoms with E-state index in [9.17, 15) is 4.79 Å². The van der Waals surface area contributed by atoms with Gasteiger partial charge in [0, 0.05) is 73.2 Å². The van der Waals surface area contributed by atoms with Crippen LogP contribution in [0.3, 0.4) is 0 Å². The number of aromatic nitrogens is 3. The number of pyridine rings is 1. The van der Waals surface area contributed by atoms with Gasteiger partial charge < -0.3 is 24.8 Å². The second-order valence-corrected chi connectivity index (χ2v) is 12.6. The highest BCUT2D eigenvalue weighted by molar-refractivity contribution is 5.88. The molecule has 2 fully saturated rings. The van der Waals surface area contributed by atoms with Gasteiger partial charge in [0.25, 0.3) is 0 Å². The molecule has 1 atom stereocenters. The number of rotatable bonds is 2. The van der Waals surface area contributed by atoms with E-state index in [0.717, 1.165) is 30.3 Å². The lowest BCUT2D eigenvalue weighted by Crippen LogP contribution is -2.51. The van der Waals surface area contributed by atoms with Crippen molar-refractivity contribution in [1.82, 2.24) is 24.8 Å². The molecule has 1 aliphatic carbocycles. The van der Waals surface area contributed by atoms with Gasteiger partial charge in [-0.25, -0.2) is 14.8 Å². The second kappa shape index (κ2) is 8.68. The molecular weight excluding hydrogens is 514 g/mol. The maximum atomic E-state index is 13.8. The first-order valence-corrected chi connectivity index (χ1v) is 14.7. The number of ether oxygens (including phenoxy) is 1. The van der Waals surface area contributed by atoms with Crippen LogP contribution in [0.25, 0.3) is 0 Å². The Hall–Kier alpha value is -4.14. The summed E-state index contributed by atoms with van der Waals surface area (Å²) >= 11 is 0. The first-order valence-electron chi connectivity index (χ1n) is 14.7. The third-order valence-corrected chi connectivity index (χ3v) is 9.96. The Morgan fingerprint density at radius 3 is 2.83 bits per heavy atom. The molecule has 4 aliphatic heterocycles. The Morgan fingerprint density at radius 1 is 1.20 bits per heavy atom. The molecule has 41 heavy (non-hydrogen) atoms. The van der Waals surface area contributed by atoms with E-state index in [4.69, 9.17) is 9.72 Å². The molecule has 2 amide bonds. The molecular formula is C32H35N7O2. The zero-order valence-corrected chi connectivity index (χ0v) is 23.7. The van der Waals surface area contributed by atoms with Crippen molar-refractivity contribution in [1.29, 1.82) is 0 Å². The van der Waals surface area contributed by atoms with E-state index in [1.165, 1.54) is 46.4 Å². The Kier molecular flexibility index (Phi) is 5.22. The number of piperidine rings is 1. The third kappa shape index (κ3) is 3.81. The molecule has 5 aliphatic rings. The number of aryl methyl sites for hydroxylation is 1. The highest BCUT2D eigenvalue weighted by Gasteiger charge is 2.46. The van der Waals surface area contributed by atoms with Crippen LogP contribution < -0.4 is 10.6 Å². The summed E-state index contributed by atoms with van der Waals surface area (Å²) in [5.74, 6) is 2.24. The summed E-state index contributed by atoms with van der Waals surface area (Å²) < 4.78 is 8.67. The molecule has 2 N–H and O–H groups in total. The summed E-state index contributed by atoms with van der Waals surface area (Å²) in [6, 6.07) is 6.03. The number of nitrogens with one attached hydrogen (secondary N) is 2. The van der Waals surface area contributed by atoms with Crippen molar-refractivity contribution in [2.45, 2.75) is 76.1 Å². The Labute approximate surface area is 239 Å². The molecule has 3 aromatic rings. The number of carbonyl (C=O) groups excluding carboxylic acids is 1. The largest absolute Gasteiger partial charge is 0.468 e. The highest BCUT2D eigenvalue weighted by atomic mass is 16.5. The molecule has 9 heteroatoms. The number of likely N-dealkylation sites (tertiary alicyclic amines) is 1. The molecule has 0 radical (unpaired) electrons. The van der Waals surface area contributed by atoms with Gasteiger partial charge in [0.2, 0.25) is 0 Å². The van der Waals surface area contributed by atoms with Gasteiger partial charge in [-0.2, -0.15) is 0 Å². The fourth-order valence-electron chi connectivity index (χ4n) is 7.31. The summed E-state index contributed by atoms with van der Waals surface area (Å²) in [7, 11) is 0. The number of hydrogen-bond donors (Lipinski definition) is 2. The molecule has 1 saturated carbocycles. The van der Waals surface area contributed by atoms with Gasteiger partial charge >= 0.3 is 6.03 Å². The quantitative estimate of drug-likeness (QED) is 0.477. The summed E-state index contributed by atoms with van der Waals surface area (Å²) in [6.07, 6.45) is 10.3. The van der Waals surface area contributed by atoms with Crippen molar-refractivity contribution in [2.75, 3.05) is 18.4 Å². The minimum Gasteiger partial charge on any atom is -0.468 e. The van der Waals surface area contributed by atoms with Crippen molar-refractivity contribution in [2.24, 2.45) is 4.99 Å². The minimum atomic E-state index is -0.520. The number of anilines is 1. The molecule has 2 aromatic heterocycles. The van der Waals surface area contributed by atoms with E-state index in [-0.39, 0.29) is 17.5 Å². The minimum absolute atomic E-state index is 0.0550. The summed E-state index contributed by atoms with van der Waals surface area (Å²) in [5.41, 5.74) is 8.42. The molecule has 9 nitrogen and oxygen atoms in total. The molecule has 0 unspecified atom stereocenters. The van der Waals surface area contributed by atoms with Gasteiger partial charge in [-0.3, -0.25) is 4.99 Å². The lowest BCUT2D eigenvalue weighted by Gasteiger charge is -2.45. The van der Waals surface area contributed by atoms with Crippen molar-refractivity contribution in [3.63, 3.8) is 0 Å². The molecule has 1 saturated heterocycles. The molecule has 6 heterocycles. The van der Waals surface area contributed by atoms with Crippen LogP contribution in [0.15, 0.2) is 48.0 Å². The van der Waals surface area contributed by atoms with E-state index in [1.807, 2.05) is 23.4 Å². The first kappa shape index (κ1) is 24.6. The monoisotopic (exact) mass is 549 g/mol. The zero-order valence-electron chi connectivity index (χ0n) is 23.7. The number of imidazole rings is 1. The van der Waals surface area contributed by atoms with Gasteiger partial charge in [-0.05, 0) is 60.7 Å². The SMILES string of the molecule is C=C1Nc2ncccc2C2(CCN(C(=O)N[C@@H]3Cc4cc(C)c5c(c4Cn4c(C6(C)CC6)cnc43)C=NC5)CC2)O1. The first-order chi connectivity index (χ1) is 19.8.